The second kappa shape index (κ2) is 4.93. The van der Waals surface area contributed by atoms with Crippen molar-refractivity contribution in [1.82, 2.24) is 0 Å². The highest BCUT2D eigenvalue weighted by molar-refractivity contribution is 6.00. The summed E-state index contributed by atoms with van der Waals surface area (Å²) in [6.07, 6.45) is 0. The third kappa shape index (κ3) is 2.45. The van der Waals surface area contributed by atoms with Gasteiger partial charge in [-0.2, -0.15) is 0 Å². The van der Waals surface area contributed by atoms with Crippen LogP contribution in [0.25, 0.3) is 11.0 Å². The summed E-state index contributed by atoms with van der Waals surface area (Å²) in [5.41, 5.74) is 0.268. The second-order valence-electron chi connectivity index (χ2n) is 4.45. The molecule has 1 aliphatic rings. The topological polar surface area (TPSA) is 87.3 Å². The van der Waals surface area contributed by atoms with Gasteiger partial charge >= 0.3 is 11.6 Å². The smallest absolute Gasteiger partial charge is 0.345 e. The predicted molar refractivity (Wildman–Crippen MR) is 72.6 cm³/mol. The molecule has 0 spiro atoms. The predicted octanol–water partition coefficient (Wildman–Crippen LogP) is 1.81. The summed E-state index contributed by atoms with van der Waals surface area (Å²) in [5.74, 6) is 0.545. The zero-order chi connectivity index (χ0) is 15.0. The lowest BCUT2D eigenvalue weighted by atomic mass is 10.1. The summed E-state index contributed by atoms with van der Waals surface area (Å²) in [6.45, 7) is 2.91. The number of carbonyl (C=O) groups excluding carboxylic acids is 1. The van der Waals surface area contributed by atoms with Crippen LogP contribution in [0.15, 0.2) is 32.6 Å². The maximum Gasteiger partial charge on any atom is 0.345 e. The third-order valence-electron chi connectivity index (χ3n) is 2.93. The summed E-state index contributed by atoms with van der Waals surface area (Å²) in [6, 6.07) is 4.91. The largest absolute Gasteiger partial charge is 0.454 e. The molecule has 1 aromatic heterocycles. The Labute approximate surface area is 118 Å². The Kier molecular flexibility index (Phi) is 3.09. The molecule has 2 heterocycles. The third-order valence-corrected chi connectivity index (χ3v) is 2.93. The van der Waals surface area contributed by atoms with E-state index < -0.39 is 11.6 Å². The van der Waals surface area contributed by atoms with Crippen LogP contribution in [0.4, 0.5) is 0 Å². The van der Waals surface area contributed by atoms with Crippen molar-refractivity contribution < 1.29 is 23.5 Å². The first-order valence-electron chi connectivity index (χ1n) is 6.14. The highest BCUT2D eigenvalue weighted by atomic mass is 16.7. The molecule has 0 radical (unpaired) electrons. The van der Waals surface area contributed by atoms with Crippen LogP contribution in [0.5, 0.6) is 11.5 Å². The molecule has 0 atom stereocenters. The second-order valence-corrected chi connectivity index (χ2v) is 4.45. The fourth-order valence-electron chi connectivity index (χ4n) is 1.94. The maximum atomic E-state index is 12.0. The van der Waals surface area contributed by atoms with Crippen molar-refractivity contribution in [1.29, 1.82) is 0 Å². The minimum Gasteiger partial charge on any atom is -0.454 e. The Morgan fingerprint density at radius 3 is 2.62 bits per heavy atom. The summed E-state index contributed by atoms with van der Waals surface area (Å²) >= 11 is 0. The lowest BCUT2D eigenvalue weighted by molar-refractivity contribution is -0.140. The highest BCUT2D eigenvalue weighted by Crippen LogP contribution is 2.35. The summed E-state index contributed by atoms with van der Waals surface area (Å²) < 4.78 is 15.7. The highest BCUT2D eigenvalue weighted by Gasteiger charge is 2.17. The molecule has 0 unspecified atom stereocenters. The van der Waals surface area contributed by atoms with Crippen LogP contribution in [0.1, 0.15) is 19.4 Å². The molecule has 0 aliphatic carbocycles. The van der Waals surface area contributed by atoms with Crippen LogP contribution in [-0.4, -0.2) is 18.5 Å². The Hall–Kier alpha value is -2.83. The fraction of sp³-hybridized carbons (Fsp3) is 0.214. The van der Waals surface area contributed by atoms with Gasteiger partial charge in [0.2, 0.25) is 6.79 Å². The average Bonchev–Trinajstić information content (AvgIpc) is 2.88. The number of nitrogens with zero attached hydrogens (tertiary/aromatic N) is 1. The van der Waals surface area contributed by atoms with Gasteiger partial charge in [0.05, 0.1) is 11.3 Å². The molecule has 1 aliphatic heterocycles. The van der Waals surface area contributed by atoms with Crippen molar-refractivity contribution >= 4 is 22.7 Å². The molecule has 0 bridgehead atoms. The van der Waals surface area contributed by atoms with E-state index in [-0.39, 0.29) is 18.1 Å². The number of rotatable bonds is 2. The van der Waals surface area contributed by atoms with Crippen LogP contribution in [-0.2, 0) is 9.63 Å². The molecule has 3 rings (SSSR count). The van der Waals surface area contributed by atoms with Crippen LogP contribution in [0.3, 0.4) is 0 Å². The zero-order valence-corrected chi connectivity index (χ0v) is 11.3. The Morgan fingerprint density at radius 2 is 1.90 bits per heavy atom. The zero-order valence-electron chi connectivity index (χ0n) is 11.3. The van der Waals surface area contributed by atoms with Gasteiger partial charge in [-0.1, -0.05) is 5.16 Å². The number of hydrogen-bond acceptors (Lipinski definition) is 7. The summed E-state index contributed by atoms with van der Waals surface area (Å²) in [7, 11) is 0. The Bertz CT molecular complexity index is 820. The van der Waals surface area contributed by atoms with Crippen LogP contribution >= 0.6 is 0 Å². The van der Waals surface area contributed by atoms with Crippen molar-refractivity contribution in [2.45, 2.75) is 13.8 Å². The van der Waals surface area contributed by atoms with E-state index in [1.54, 1.807) is 25.1 Å². The van der Waals surface area contributed by atoms with E-state index in [4.69, 9.17) is 13.9 Å². The standard InChI is InChI=1S/C14H11NO6/c1-7(15-21-8(2)16)10-3-9-4-12-13(19-6-18-12)5-11(9)20-14(10)17/h3-5H,6H2,1-2H3/b15-7+. The molecule has 0 N–H and O–H groups in total. The normalized spacial score (nSPS) is 13.5. The SMILES string of the molecule is CC(=O)O/N=C(\C)c1cc2cc3c(cc2oc1=O)OCO3. The fourth-order valence-corrected chi connectivity index (χ4v) is 1.94. The first-order valence-corrected chi connectivity index (χ1v) is 6.14. The molecule has 0 saturated heterocycles. The van der Waals surface area contributed by atoms with E-state index in [1.807, 2.05) is 0 Å². The quantitative estimate of drug-likeness (QED) is 0.362. The molecule has 0 fully saturated rings. The van der Waals surface area contributed by atoms with E-state index in [9.17, 15) is 9.59 Å². The van der Waals surface area contributed by atoms with E-state index in [2.05, 4.69) is 9.99 Å². The van der Waals surface area contributed by atoms with Crippen LogP contribution in [0.2, 0.25) is 0 Å². The molecule has 0 amide bonds. The number of oxime groups is 1. The molecule has 1 aromatic carbocycles. The van der Waals surface area contributed by atoms with Gasteiger partial charge in [-0.05, 0) is 19.1 Å². The van der Waals surface area contributed by atoms with Crippen molar-refractivity contribution in [3.05, 3.63) is 34.2 Å². The number of ether oxygens (including phenoxy) is 2. The van der Waals surface area contributed by atoms with Gasteiger partial charge < -0.3 is 18.7 Å². The molecule has 2 aromatic rings. The summed E-state index contributed by atoms with van der Waals surface area (Å²) in [5, 5.41) is 4.24. The molecule has 108 valence electrons. The van der Waals surface area contributed by atoms with Gasteiger partial charge in [0.1, 0.15) is 5.58 Å². The number of carbonyl (C=O) groups is 1. The van der Waals surface area contributed by atoms with Gasteiger partial charge in [0, 0.05) is 18.4 Å². The average molecular weight is 289 g/mol. The van der Waals surface area contributed by atoms with Crippen molar-refractivity contribution in [2.75, 3.05) is 6.79 Å². The lowest BCUT2D eigenvalue weighted by Gasteiger charge is -2.03. The molecule has 21 heavy (non-hydrogen) atoms. The minimum atomic E-state index is -0.574. The summed E-state index contributed by atoms with van der Waals surface area (Å²) in [4.78, 5) is 27.2. The van der Waals surface area contributed by atoms with Gasteiger partial charge in [-0.15, -0.1) is 0 Å². The van der Waals surface area contributed by atoms with Gasteiger partial charge in [0.25, 0.3) is 0 Å². The van der Waals surface area contributed by atoms with Crippen molar-refractivity contribution in [3.8, 4) is 11.5 Å². The van der Waals surface area contributed by atoms with E-state index in [0.717, 1.165) is 0 Å². The minimum absolute atomic E-state index is 0.135. The molecular formula is C14H11NO6. The molecule has 7 heteroatoms. The maximum absolute atomic E-state index is 12.0. The van der Waals surface area contributed by atoms with E-state index in [0.29, 0.717) is 22.5 Å². The van der Waals surface area contributed by atoms with Gasteiger partial charge in [0.15, 0.2) is 11.5 Å². The van der Waals surface area contributed by atoms with Crippen LogP contribution < -0.4 is 15.1 Å². The van der Waals surface area contributed by atoms with Gasteiger partial charge in [-0.25, -0.2) is 9.59 Å². The number of fused-ring (bicyclic) bond motifs is 2. The number of benzene rings is 1. The van der Waals surface area contributed by atoms with E-state index in [1.165, 1.54) is 6.92 Å². The lowest BCUT2D eigenvalue weighted by Crippen LogP contribution is -2.12. The van der Waals surface area contributed by atoms with Crippen molar-refractivity contribution in [3.63, 3.8) is 0 Å². The van der Waals surface area contributed by atoms with Crippen LogP contribution in [0, 0.1) is 0 Å². The molecular weight excluding hydrogens is 278 g/mol. The Balaban J connectivity index is 2.10. The monoisotopic (exact) mass is 289 g/mol. The molecule has 0 saturated carbocycles. The van der Waals surface area contributed by atoms with Crippen molar-refractivity contribution in [2.24, 2.45) is 5.16 Å². The van der Waals surface area contributed by atoms with Gasteiger partial charge in [-0.3, -0.25) is 0 Å². The Morgan fingerprint density at radius 1 is 1.19 bits per heavy atom. The van der Waals surface area contributed by atoms with E-state index >= 15 is 0 Å². The first-order chi connectivity index (χ1) is 10.0. The first kappa shape index (κ1) is 13.2. The number of hydrogen-bond donors (Lipinski definition) is 0. The molecule has 7 nitrogen and oxygen atoms in total.